The highest BCUT2D eigenvalue weighted by Crippen LogP contribution is 2.58. The molecule has 13 heterocycles. The number of aromatic amines is 2. The Labute approximate surface area is 709 Å². The molecule has 664 valence electrons. The van der Waals surface area contributed by atoms with Crippen molar-refractivity contribution >= 4 is 132 Å². The van der Waals surface area contributed by atoms with Gasteiger partial charge in [0.25, 0.3) is 22.9 Å². The molecule has 2 bridgehead atoms. The molecule has 124 heavy (non-hydrogen) atoms. The third-order valence-electron chi connectivity index (χ3n) is 19.2. The maximum absolute atomic E-state index is 14.4. The number of phosphoric ester groups is 2. The molecule has 5 saturated heterocycles. The van der Waals surface area contributed by atoms with E-state index >= 15 is 0 Å². The lowest BCUT2D eigenvalue weighted by Gasteiger charge is -2.27. The van der Waals surface area contributed by atoms with Crippen molar-refractivity contribution in [1.82, 2.24) is 80.4 Å². The third-order valence-corrected chi connectivity index (χ3v) is 23.7. The van der Waals surface area contributed by atoms with Gasteiger partial charge in [0.15, 0.2) is 40.9 Å². The number of amides is 4. The van der Waals surface area contributed by atoms with Crippen molar-refractivity contribution in [2.45, 2.75) is 155 Å². The van der Waals surface area contributed by atoms with Crippen LogP contribution < -0.4 is 44.7 Å². The van der Waals surface area contributed by atoms with Gasteiger partial charge in [0, 0.05) is 61.0 Å². The number of hydrogen-bond acceptors (Lipinski definition) is 36. The lowest BCUT2D eigenvalue weighted by atomic mass is 10.2. The Morgan fingerprint density at radius 2 is 1.17 bits per heavy atom. The molecule has 0 aliphatic carbocycles. The first kappa shape index (κ1) is 95.2. The van der Waals surface area contributed by atoms with Crippen molar-refractivity contribution in [1.29, 1.82) is 10.5 Å². The first-order chi connectivity index (χ1) is 57.6. The second kappa shape index (κ2) is 41.2. The van der Waals surface area contributed by atoms with E-state index in [9.17, 15) is 63.1 Å². The zero-order chi connectivity index (χ0) is 84.7. The molecule has 3 unspecified atom stereocenters. The Hall–Kier alpha value is -11.0. The fourth-order valence-corrected chi connectivity index (χ4v) is 17.7. The van der Waals surface area contributed by atoms with Crippen LogP contribution in [0.3, 0.4) is 0 Å². The molecule has 8 aromatic heterocycles. The zero-order valence-corrected chi connectivity index (χ0v) is 68.7. The smallest absolute Gasteiger partial charge is 0.450 e. The number of nitrogens with zero attached hydrogens (tertiary/aromatic N) is 14. The number of carbonyl (C=O) groups excluding carboxylic acids is 4. The molecule has 4 amide bonds. The van der Waals surface area contributed by atoms with Gasteiger partial charge in [-0.15, -0.1) is 0 Å². The van der Waals surface area contributed by atoms with E-state index in [1.165, 1.54) is 34.4 Å². The van der Waals surface area contributed by atoms with Crippen molar-refractivity contribution in [2.75, 3.05) is 60.9 Å². The number of hydrogen-bond donors (Lipinski definition) is 11. The van der Waals surface area contributed by atoms with E-state index in [1.807, 2.05) is 12.1 Å². The molecule has 15 N–H and O–H groups in total. The van der Waals surface area contributed by atoms with Crippen molar-refractivity contribution < 1.29 is 108 Å². The molecule has 5 fully saturated rings. The van der Waals surface area contributed by atoms with E-state index in [0.717, 1.165) is 0 Å². The van der Waals surface area contributed by atoms with E-state index in [4.69, 9.17) is 76.9 Å². The topological polar surface area (TPSA) is 654 Å². The number of fused-ring (bicyclic) bond motifs is 7. The number of benzene rings is 2. The number of ether oxygens (including phenoxy) is 5. The number of anilines is 4. The van der Waals surface area contributed by atoms with Crippen LogP contribution in [-0.4, -0.2) is 201 Å². The predicted octanol–water partition coefficient (Wildman–Crippen LogP) is 9.14. The summed E-state index contributed by atoms with van der Waals surface area (Å²) >= 11 is 5.47. The lowest BCUT2D eigenvalue weighted by molar-refractivity contribution is -0.119. The molecular weight excluding hydrogens is 1710 g/mol. The van der Waals surface area contributed by atoms with Crippen LogP contribution in [0.5, 0.6) is 0 Å². The van der Waals surface area contributed by atoms with Gasteiger partial charge < -0.3 is 79.9 Å². The number of aliphatic hydroxyl groups excluding tert-OH is 1. The first-order valence-electron chi connectivity index (χ1n) is 37.2. The highest BCUT2D eigenvalue weighted by Gasteiger charge is 2.50. The number of phosphoric acid groups is 2. The minimum atomic E-state index is -4.59. The highest BCUT2D eigenvalue weighted by molar-refractivity contribution is 8.07. The van der Waals surface area contributed by atoms with Crippen molar-refractivity contribution in [3.8, 4) is 12.1 Å². The minimum absolute atomic E-state index is 0. The average molecular weight is 1800 g/mol. The number of nitrogens with one attached hydrogen (secondary N) is 6. The predicted molar refractivity (Wildman–Crippen MR) is 441 cm³/mol. The Kier molecular flexibility index (Phi) is 31.6. The van der Waals surface area contributed by atoms with Gasteiger partial charge in [0.1, 0.15) is 78.6 Å². The van der Waals surface area contributed by atoms with Crippen LogP contribution in [-0.2, 0) is 90.4 Å². The largest absolute Gasteiger partial charge is 0.506 e. The molecule has 15 rings (SSSR count). The SMILES string of the molecule is C.C.CC(C)C(=O)Nc1nc2c(ncn2[C@@H]2O[C@@H]3COP(=O)(OCCC#N)O[C@H]4C[C@H](n5ccc6c(NC(=O)c7ccccc7)ncnc65)O[C@@H]4COP(O)(=S)O[C@@H]2C3)c(=O)[nH]1.CC(C)C(=O)Nc1nc2c(ncn2[C@@H]2O[C@H](COP(=O)(OCCC#N)O[C@H]3C[C@H](n4ccc5c(NC(=O)c6ccccc6)ncnc54)O[C@@H]3CO)C[C@H]2OC(=O)O)c(=O)[nH]1.N.N. The van der Waals surface area contributed by atoms with Crippen LogP contribution >= 0.6 is 22.4 Å². The van der Waals surface area contributed by atoms with E-state index in [-0.39, 0.29) is 143 Å². The van der Waals surface area contributed by atoms with E-state index in [1.54, 1.807) is 122 Å². The van der Waals surface area contributed by atoms with Crippen LogP contribution in [0, 0.1) is 34.5 Å². The standard InChI is InChI=1S/C36H39N10O13P.C35H38N10O12P2S.2CH4.2H3N/c1-19(2)31(48)43-35-42-30-27(33(50)44-35)40-18-46(30)34-24(58-36(51)52)13-21(56-34)16-55-60(53,54-12-6-10-37)59-23-14-26(57-25(23)15-47)45-11-9-22-28(38-17-39-29(22)45)41-32(49)20-7-4-3-5-8-20;1-19(2)31(46)42-35-41-30-27(33(48)43-35)39-18-45(30)34-24-13-21(54-34)15-52-58(49,51-12-6-10-36)56-23-14-26(55-25(23)16-53-59(50,60)57-24)44-11-9-22-28(37-17-38-29(22)44)40-32(47)20-7-4-3-5-8-20;;;;/h3-5,7-9,11,17-19,21,23-26,34,47H,6,12-16H2,1-2H3,(H,51,52)(H,38,39,41,49)(H2,42,43,44,48,50);3-5,7-9,11,17-19,21,23-26,34H,6,12-16H2,1-2H3,(H,50,60)(H,37,38,40,47)(H2,41,42,43,46,48);2*1H4;2*1H3/t21-,23-,24+,25+,26+,34+,60?;21-,23-,24+,25+,26+,34+,58?,59?;;;;/m00..../s1. The van der Waals surface area contributed by atoms with Gasteiger partial charge in [-0.3, -0.25) is 85.6 Å². The average Bonchev–Trinajstić information content (AvgIpc) is 1.92. The molecule has 51 heteroatoms. The van der Waals surface area contributed by atoms with Gasteiger partial charge in [-0.05, 0) is 48.2 Å². The Morgan fingerprint density at radius 1 is 0.629 bits per heavy atom. The number of carbonyl (C=O) groups is 5. The summed E-state index contributed by atoms with van der Waals surface area (Å²) in [7, 11) is -9.07. The van der Waals surface area contributed by atoms with Gasteiger partial charge in [0.2, 0.25) is 23.7 Å². The molecule has 0 radical (unpaired) electrons. The number of aromatic nitrogens is 14. The Morgan fingerprint density at radius 3 is 1.70 bits per heavy atom. The van der Waals surface area contributed by atoms with Gasteiger partial charge in [-0.1, -0.05) is 78.9 Å². The summed E-state index contributed by atoms with van der Waals surface area (Å²) in [5.74, 6) is -2.21. The molecule has 0 spiro atoms. The molecule has 15 atom stereocenters. The monoisotopic (exact) mass is 1800 g/mol. The summed E-state index contributed by atoms with van der Waals surface area (Å²) in [6, 6.07) is 24.4. The molecule has 0 saturated carbocycles. The van der Waals surface area contributed by atoms with Crippen LogP contribution in [0.15, 0.2) is 120 Å². The quantitative estimate of drug-likeness (QED) is 0.0144. The molecular formula is C73H91N22O25P3S. The molecule has 47 nitrogen and oxygen atoms in total. The van der Waals surface area contributed by atoms with Gasteiger partial charge in [-0.25, -0.2) is 43.8 Å². The maximum Gasteiger partial charge on any atom is 0.506 e. The van der Waals surface area contributed by atoms with Crippen LogP contribution in [0.1, 0.15) is 127 Å². The van der Waals surface area contributed by atoms with Crippen molar-refractivity contribution in [2.24, 2.45) is 11.8 Å². The molecule has 5 aliphatic rings. The summed E-state index contributed by atoms with van der Waals surface area (Å²) in [6.45, 7) is 0.00228. The van der Waals surface area contributed by atoms with Crippen LogP contribution in [0.4, 0.5) is 28.3 Å². The maximum atomic E-state index is 14.4. The summed E-state index contributed by atoms with van der Waals surface area (Å²) in [6.07, 6.45) is -6.08. The van der Waals surface area contributed by atoms with Gasteiger partial charge in [0.05, 0.1) is 100 Å². The summed E-state index contributed by atoms with van der Waals surface area (Å²) in [5, 5.41) is 49.8. The second-order valence-corrected chi connectivity index (χ2v) is 34.1. The molecule has 5 aliphatic heterocycles. The highest BCUT2D eigenvalue weighted by atomic mass is 32.5. The normalized spacial score (nSPS) is 24.6. The number of aliphatic hydroxyl groups is 1. The number of carboxylic acid groups (broad SMARTS) is 1. The molecule has 10 aromatic rings. The van der Waals surface area contributed by atoms with E-state index in [2.05, 4.69) is 71.1 Å². The number of rotatable bonds is 25. The zero-order valence-electron chi connectivity index (χ0n) is 65.2. The third kappa shape index (κ3) is 21.8. The number of imidazole rings is 2. The Balaban J connectivity index is 0.000000251. The summed E-state index contributed by atoms with van der Waals surface area (Å²) in [5.41, 5.74) is 0.0576. The first-order valence-corrected chi connectivity index (χ1v) is 42.7. The minimum Gasteiger partial charge on any atom is -0.450 e. The summed E-state index contributed by atoms with van der Waals surface area (Å²) in [4.78, 5) is 139. The van der Waals surface area contributed by atoms with Gasteiger partial charge in [-0.2, -0.15) is 20.5 Å². The van der Waals surface area contributed by atoms with E-state index in [0.29, 0.717) is 33.2 Å². The van der Waals surface area contributed by atoms with Crippen molar-refractivity contribution in [3.63, 3.8) is 0 Å². The lowest BCUT2D eigenvalue weighted by Crippen LogP contribution is -2.29. The number of nitriles is 2. The summed E-state index contributed by atoms with van der Waals surface area (Å²) < 4.78 is 111. The van der Waals surface area contributed by atoms with Crippen LogP contribution in [0.2, 0.25) is 0 Å². The Bertz CT molecular complexity index is 5850. The van der Waals surface area contributed by atoms with Gasteiger partial charge >= 0.3 is 28.5 Å². The second-order valence-electron chi connectivity index (χ2n) is 28.0. The molecule has 2 aromatic carbocycles. The van der Waals surface area contributed by atoms with Crippen molar-refractivity contribution in [3.05, 3.63) is 142 Å². The number of H-pyrrole nitrogens is 2. The fraction of sp³-hybridized carbons (Fsp3) is 0.438. The van der Waals surface area contributed by atoms with E-state index < -0.39 is 157 Å². The fourth-order valence-electron chi connectivity index (χ4n) is 13.4. The van der Waals surface area contributed by atoms with Crippen LogP contribution in [0.25, 0.3) is 44.4 Å².